The van der Waals surface area contributed by atoms with Crippen LogP contribution in [0.15, 0.2) is 30.3 Å². The second-order valence-corrected chi connectivity index (χ2v) is 3.31. The average Bonchev–Trinajstić information content (AvgIpc) is 2.56. The van der Waals surface area contributed by atoms with E-state index in [0.717, 1.165) is 11.4 Å². The summed E-state index contributed by atoms with van der Waals surface area (Å²) in [7, 11) is 0. The number of aryl methyl sites for hydroxylation is 1. The molecule has 1 aromatic carbocycles. The molecule has 0 aliphatic heterocycles. The number of hydrogen-bond acceptors (Lipinski definition) is 1. The number of rotatable bonds is 2. The quantitative estimate of drug-likeness (QED) is 0.774. The highest BCUT2D eigenvalue weighted by molar-refractivity contribution is 5.23. The lowest BCUT2D eigenvalue weighted by molar-refractivity contribution is 0.613. The zero-order valence-electron chi connectivity index (χ0n) is 7.92. The summed E-state index contributed by atoms with van der Waals surface area (Å²) < 4.78 is 13.2. The summed E-state index contributed by atoms with van der Waals surface area (Å²) in [6, 6.07) is 8.69. The van der Waals surface area contributed by atoms with Gasteiger partial charge in [0.05, 0.1) is 5.69 Å². The summed E-state index contributed by atoms with van der Waals surface area (Å²) in [5.74, 6) is -0.173. The Morgan fingerprint density at radius 1 is 1.36 bits per heavy atom. The summed E-state index contributed by atoms with van der Waals surface area (Å²) in [6.07, 6.45) is 0.539. The van der Waals surface area contributed by atoms with Crippen LogP contribution in [-0.4, -0.2) is 10.2 Å². The largest absolute Gasteiger partial charge is 0.283 e. The van der Waals surface area contributed by atoms with Crippen LogP contribution in [0.4, 0.5) is 4.39 Å². The summed E-state index contributed by atoms with van der Waals surface area (Å²) in [5, 5.41) is 6.90. The number of aromatic amines is 1. The Bertz CT molecular complexity index is 434. The normalized spacial score (nSPS) is 10.4. The van der Waals surface area contributed by atoms with E-state index in [1.165, 1.54) is 6.07 Å². The minimum atomic E-state index is -0.173. The van der Waals surface area contributed by atoms with E-state index < -0.39 is 0 Å². The number of nitrogens with one attached hydrogen (secondary N) is 1. The topological polar surface area (TPSA) is 28.7 Å². The zero-order chi connectivity index (χ0) is 9.97. The molecule has 0 aliphatic rings. The molecule has 0 bridgehead atoms. The van der Waals surface area contributed by atoms with Crippen molar-refractivity contribution >= 4 is 0 Å². The minimum Gasteiger partial charge on any atom is -0.283 e. The van der Waals surface area contributed by atoms with Gasteiger partial charge in [0.15, 0.2) is 0 Å². The molecule has 0 radical (unpaired) electrons. The molecule has 0 aliphatic carbocycles. The molecular weight excluding hydrogens is 179 g/mol. The number of benzene rings is 1. The van der Waals surface area contributed by atoms with E-state index in [1.54, 1.807) is 12.1 Å². The smallest absolute Gasteiger partial charge is 0.126 e. The highest BCUT2D eigenvalue weighted by Gasteiger charge is 2.03. The standard InChI is InChI=1S/C11H11FN2/c1-8-6-10(14-13-8)7-9-4-2-3-5-11(9)12/h2-6H,7H2,1H3,(H,13,14). The maximum atomic E-state index is 13.2. The van der Waals surface area contributed by atoms with Gasteiger partial charge in [0, 0.05) is 12.1 Å². The van der Waals surface area contributed by atoms with Crippen LogP contribution in [0.3, 0.4) is 0 Å². The first-order chi connectivity index (χ1) is 6.75. The molecule has 1 heterocycles. The van der Waals surface area contributed by atoms with Gasteiger partial charge in [-0.25, -0.2) is 4.39 Å². The van der Waals surface area contributed by atoms with E-state index in [9.17, 15) is 4.39 Å². The lowest BCUT2D eigenvalue weighted by atomic mass is 10.1. The van der Waals surface area contributed by atoms with Crippen molar-refractivity contribution in [3.8, 4) is 0 Å². The fourth-order valence-electron chi connectivity index (χ4n) is 1.40. The number of halogens is 1. The van der Waals surface area contributed by atoms with Gasteiger partial charge in [-0.1, -0.05) is 18.2 Å². The van der Waals surface area contributed by atoms with Crippen molar-refractivity contribution in [3.05, 3.63) is 53.1 Å². The highest BCUT2D eigenvalue weighted by Crippen LogP contribution is 2.11. The zero-order valence-corrected chi connectivity index (χ0v) is 7.92. The predicted octanol–water partition coefficient (Wildman–Crippen LogP) is 2.45. The first-order valence-electron chi connectivity index (χ1n) is 4.50. The Morgan fingerprint density at radius 3 is 2.79 bits per heavy atom. The first-order valence-corrected chi connectivity index (χ1v) is 4.50. The molecule has 2 nitrogen and oxygen atoms in total. The van der Waals surface area contributed by atoms with Crippen molar-refractivity contribution in [3.63, 3.8) is 0 Å². The molecule has 2 aromatic rings. The molecule has 3 heteroatoms. The lowest BCUT2D eigenvalue weighted by Gasteiger charge is -1.98. The van der Waals surface area contributed by atoms with E-state index in [4.69, 9.17) is 0 Å². The Kier molecular flexibility index (Phi) is 2.31. The summed E-state index contributed by atoms with van der Waals surface area (Å²) >= 11 is 0. The Balaban J connectivity index is 2.23. The predicted molar refractivity (Wildman–Crippen MR) is 52.5 cm³/mol. The molecule has 0 spiro atoms. The van der Waals surface area contributed by atoms with Crippen molar-refractivity contribution in [2.75, 3.05) is 0 Å². The summed E-state index contributed by atoms with van der Waals surface area (Å²) in [5.41, 5.74) is 2.54. The van der Waals surface area contributed by atoms with Crippen LogP contribution >= 0.6 is 0 Å². The third-order valence-corrected chi connectivity index (χ3v) is 2.09. The molecule has 0 unspecified atom stereocenters. The molecular formula is C11H11FN2. The van der Waals surface area contributed by atoms with Gasteiger partial charge in [0.1, 0.15) is 5.82 Å². The van der Waals surface area contributed by atoms with Crippen LogP contribution in [0, 0.1) is 12.7 Å². The summed E-state index contributed by atoms with van der Waals surface area (Å²) in [4.78, 5) is 0. The third-order valence-electron chi connectivity index (χ3n) is 2.09. The van der Waals surface area contributed by atoms with Crippen LogP contribution < -0.4 is 0 Å². The van der Waals surface area contributed by atoms with E-state index >= 15 is 0 Å². The SMILES string of the molecule is Cc1cc(Cc2ccccc2F)n[nH]1. The van der Waals surface area contributed by atoms with Gasteiger partial charge in [-0.2, -0.15) is 5.10 Å². The van der Waals surface area contributed by atoms with Crippen molar-refractivity contribution < 1.29 is 4.39 Å². The molecule has 1 N–H and O–H groups in total. The Labute approximate surface area is 81.8 Å². The molecule has 0 amide bonds. The van der Waals surface area contributed by atoms with Crippen molar-refractivity contribution in [1.29, 1.82) is 0 Å². The molecule has 14 heavy (non-hydrogen) atoms. The fraction of sp³-hybridized carbons (Fsp3) is 0.182. The van der Waals surface area contributed by atoms with Crippen molar-refractivity contribution in [1.82, 2.24) is 10.2 Å². The molecule has 0 saturated carbocycles. The third kappa shape index (κ3) is 1.82. The van der Waals surface area contributed by atoms with Gasteiger partial charge in [0.2, 0.25) is 0 Å². The second kappa shape index (κ2) is 3.62. The van der Waals surface area contributed by atoms with Gasteiger partial charge >= 0.3 is 0 Å². The van der Waals surface area contributed by atoms with E-state index in [0.29, 0.717) is 12.0 Å². The van der Waals surface area contributed by atoms with E-state index in [2.05, 4.69) is 10.2 Å². The summed E-state index contributed by atoms with van der Waals surface area (Å²) in [6.45, 7) is 1.93. The first kappa shape index (κ1) is 8.94. The number of hydrogen-bond donors (Lipinski definition) is 1. The van der Waals surface area contributed by atoms with E-state index in [-0.39, 0.29) is 5.82 Å². The maximum absolute atomic E-state index is 13.2. The lowest BCUT2D eigenvalue weighted by Crippen LogP contribution is -1.92. The average molecular weight is 190 g/mol. The van der Waals surface area contributed by atoms with E-state index in [1.807, 2.05) is 19.1 Å². The fourth-order valence-corrected chi connectivity index (χ4v) is 1.40. The van der Waals surface area contributed by atoms with Crippen molar-refractivity contribution in [2.24, 2.45) is 0 Å². The number of H-pyrrole nitrogens is 1. The molecule has 1 aromatic heterocycles. The molecule has 2 rings (SSSR count). The monoisotopic (exact) mass is 190 g/mol. The highest BCUT2D eigenvalue weighted by atomic mass is 19.1. The Morgan fingerprint density at radius 2 is 2.14 bits per heavy atom. The maximum Gasteiger partial charge on any atom is 0.126 e. The van der Waals surface area contributed by atoms with Crippen LogP contribution in [0.5, 0.6) is 0 Å². The van der Waals surface area contributed by atoms with Crippen LogP contribution in [0.1, 0.15) is 17.0 Å². The molecule has 72 valence electrons. The van der Waals surface area contributed by atoms with Crippen LogP contribution in [0.2, 0.25) is 0 Å². The van der Waals surface area contributed by atoms with Crippen LogP contribution in [0.25, 0.3) is 0 Å². The van der Waals surface area contributed by atoms with Crippen molar-refractivity contribution in [2.45, 2.75) is 13.3 Å². The molecule has 0 atom stereocenters. The molecule has 0 fully saturated rings. The Hall–Kier alpha value is -1.64. The second-order valence-electron chi connectivity index (χ2n) is 3.31. The van der Waals surface area contributed by atoms with Gasteiger partial charge in [-0.15, -0.1) is 0 Å². The number of nitrogens with zero attached hydrogens (tertiary/aromatic N) is 1. The number of aromatic nitrogens is 2. The van der Waals surface area contributed by atoms with Gasteiger partial charge in [-0.3, -0.25) is 5.10 Å². The molecule has 0 saturated heterocycles. The van der Waals surface area contributed by atoms with Crippen LogP contribution in [-0.2, 0) is 6.42 Å². The van der Waals surface area contributed by atoms with Gasteiger partial charge in [-0.05, 0) is 24.6 Å². The van der Waals surface area contributed by atoms with Gasteiger partial charge in [0.25, 0.3) is 0 Å². The van der Waals surface area contributed by atoms with Gasteiger partial charge < -0.3 is 0 Å². The minimum absolute atomic E-state index is 0.173.